The van der Waals surface area contributed by atoms with Crippen LogP contribution < -0.4 is 11.1 Å². The van der Waals surface area contributed by atoms with Gasteiger partial charge >= 0.3 is 0 Å². The predicted octanol–water partition coefficient (Wildman–Crippen LogP) is 5.95. The third-order valence-electron chi connectivity index (χ3n) is 7.10. The van der Waals surface area contributed by atoms with Crippen molar-refractivity contribution in [3.8, 4) is 22.3 Å². The van der Waals surface area contributed by atoms with Gasteiger partial charge in [-0.05, 0) is 67.3 Å². The first-order valence-corrected chi connectivity index (χ1v) is 11.6. The summed E-state index contributed by atoms with van der Waals surface area (Å²) in [7, 11) is 0. The van der Waals surface area contributed by atoms with Crippen LogP contribution in [0.1, 0.15) is 17.5 Å². The molecule has 3 aromatic carbocycles. The highest BCUT2D eigenvalue weighted by Crippen LogP contribution is 2.32. The number of pyridine rings is 2. The maximum absolute atomic E-state index is 14.6. The molecule has 0 amide bonds. The van der Waals surface area contributed by atoms with Crippen molar-refractivity contribution in [2.24, 2.45) is 0 Å². The Hall–Kier alpha value is -4.06. The zero-order valence-corrected chi connectivity index (χ0v) is 19.4. The molecule has 0 saturated carbocycles. The Morgan fingerprint density at radius 3 is 1.94 bits per heavy atom. The number of hydrogen-bond acceptors (Lipinski definition) is 2. The van der Waals surface area contributed by atoms with Crippen LogP contribution in [0.4, 0.5) is 8.78 Å². The Morgan fingerprint density at radius 1 is 0.657 bits per heavy atom. The molecule has 0 N–H and O–H groups in total. The zero-order chi connectivity index (χ0) is 24.4. The van der Waals surface area contributed by atoms with Crippen LogP contribution in [0.2, 0.25) is 0 Å². The van der Waals surface area contributed by atoms with Gasteiger partial charge in [-0.15, -0.1) is 0 Å². The molecule has 1 aliphatic heterocycles. The van der Waals surface area contributed by atoms with Gasteiger partial charge in [0.25, 0.3) is 11.1 Å². The summed E-state index contributed by atoms with van der Waals surface area (Å²) in [5.74, 6) is -1.26. The lowest BCUT2D eigenvalue weighted by molar-refractivity contribution is 0.580. The molecule has 6 rings (SSSR count). The van der Waals surface area contributed by atoms with E-state index in [-0.39, 0.29) is 16.7 Å². The highest BCUT2D eigenvalue weighted by molar-refractivity contribution is 6.05. The summed E-state index contributed by atoms with van der Waals surface area (Å²) >= 11 is 0. The third kappa shape index (κ3) is 3.24. The second kappa shape index (κ2) is 7.73. The minimum atomic E-state index is -0.653. The number of nitrogens with zero attached hydrogens (tertiary/aromatic N) is 2. The predicted molar refractivity (Wildman–Crippen MR) is 135 cm³/mol. The molecule has 6 heteroatoms. The molecule has 4 nitrogen and oxygen atoms in total. The molecule has 0 unspecified atom stereocenters. The average Bonchev–Trinajstić information content (AvgIpc) is 3.05. The van der Waals surface area contributed by atoms with Crippen molar-refractivity contribution >= 4 is 21.8 Å². The van der Waals surface area contributed by atoms with Gasteiger partial charge in [0.2, 0.25) is 0 Å². The van der Waals surface area contributed by atoms with Crippen LogP contribution in [0.25, 0.3) is 44.1 Å². The van der Waals surface area contributed by atoms with E-state index in [1.807, 2.05) is 50.2 Å². The Morgan fingerprint density at radius 2 is 1.29 bits per heavy atom. The van der Waals surface area contributed by atoms with Gasteiger partial charge in [-0.3, -0.25) is 9.59 Å². The maximum Gasteiger partial charge on any atom is 0.259 e. The molecule has 174 valence electrons. The van der Waals surface area contributed by atoms with Gasteiger partial charge in [0.15, 0.2) is 0 Å². The molecule has 0 radical (unpaired) electrons. The second-order valence-corrected chi connectivity index (χ2v) is 9.25. The van der Waals surface area contributed by atoms with Crippen LogP contribution in [-0.4, -0.2) is 9.13 Å². The zero-order valence-electron chi connectivity index (χ0n) is 19.4. The lowest BCUT2D eigenvalue weighted by atomic mass is 9.98. The van der Waals surface area contributed by atoms with E-state index in [4.69, 9.17) is 0 Å². The highest BCUT2D eigenvalue weighted by Gasteiger charge is 2.22. The number of rotatable bonds is 2. The molecule has 0 aliphatic carbocycles. The quantitative estimate of drug-likeness (QED) is 0.301. The number of benzene rings is 3. The molecule has 0 bridgehead atoms. The van der Waals surface area contributed by atoms with Crippen molar-refractivity contribution in [2.45, 2.75) is 33.4 Å². The molecule has 35 heavy (non-hydrogen) atoms. The lowest BCUT2D eigenvalue weighted by Gasteiger charge is -2.16. The maximum atomic E-state index is 14.6. The van der Waals surface area contributed by atoms with Gasteiger partial charge in [0, 0.05) is 35.0 Å². The minimum Gasteiger partial charge on any atom is -0.306 e. The Balaban J connectivity index is 1.69. The molecular weight excluding hydrogens is 446 g/mol. The van der Waals surface area contributed by atoms with Crippen LogP contribution in [0.15, 0.2) is 70.3 Å². The summed E-state index contributed by atoms with van der Waals surface area (Å²) in [4.78, 5) is 27.2. The largest absolute Gasteiger partial charge is 0.306 e. The lowest BCUT2D eigenvalue weighted by Crippen LogP contribution is -2.22. The fraction of sp³-hybridized carbons (Fsp3) is 0.172. The summed E-state index contributed by atoms with van der Waals surface area (Å²) < 4.78 is 31.8. The third-order valence-corrected chi connectivity index (χ3v) is 7.10. The second-order valence-electron chi connectivity index (χ2n) is 9.25. The van der Waals surface area contributed by atoms with E-state index in [2.05, 4.69) is 0 Å². The van der Waals surface area contributed by atoms with Gasteiger partial charge in [-0.1, -0.05) is 30.3 Å². The van der Waals surface area contributed by atoms with Crippen molar-refractivity contribution in [3.05, 3.63) is 104 Å². The van der Waals surface area contributed by atoms with E-state index in [9.17, 15) is 18.4 Å². The van der Waals surface area contributed by atoms with Crippen molar-refractivity contribution in [3.63, 3.8) is 0 Å². The summed E-state index contributed by atoms with van der Waals surface area (Å²) in [6.45, 7) is 4.89. The fourth-order valence-corrected chi connectivity index (χ4v) is 5.17. The van der Waals surface area contributed by atoms with Crippen molar-refractivity contribution in [1.82, 2.24) is 9.13 Å². The summed E-state index contributed by atoms with van der Waals surface area (Å²) in [6, 6.07) is 16.4. The smallest absolute Gasteiger partial charge is 0.259 e. The number of halogens is 2. The SMILES string of the molecule is Cc1ccc(-c2cc3ccc4cc(-c5cc(F)ccc5F)c(=O)n5c4c3n(c2=O)CCC5)cc1C. The van der Waals surface area contributed by atoms with Crippen molar-refractivity contribution < 1.29 is 8.78 Å². The van der Waals surface area contributed by atoms with Gasteiger partial charge in [0.1, 0.15) is 11.6 Å². The molecular formula is C29H22F2N2O2. The average molecular weight is 469 g/mol. The van der Waals surface area contributed by atoms with Gasteiger partial charge in [-0.25, -0.2) is 8.78 Å². The van der Waals surface area contributed by atoms with Crippen LogP contribution in [-0.2, 0) is 13.1 Å². The van der Waals surface area contributed by atoms with Gasteiger partial charge < -0.3 is 9.13 Å². The normalized spacial score (nSPS) is 13.0. The molecule has 2 aromatic heterocycles. The van der Waals surface area contributed by atoms with E-state index >= 15 is 0 Å². The van der Waals surface area contributed by atoms with E-state index in [1.165, 1.54) is 0 Å². The molecule has 1 aliphatic rings. The topological polar surface area (TPSA) is 44.0 Å². The van der Waals surface area contributed by atoms with Crippen molar-refractivity contribution in [1.29, 1.82) is 0 Å². The first kappa shape index (κ1) is 21.5. The number of aryl methyl sites for hydroxylation is 4. The standard InChI is InChI=1S/C29H22F2N2O2/c1-16-4-5-18(12-17(16)2)22-13-19-6-7-20-14-24(23-15-21(30)8-9-25(23)31)29(35)33-11-3-10-32(28(22)34)26(19)27(20)33/h4-9,12-15H,3,10-11H2,1-2H3. The summed E-state index contributed by atoms with van der Waals surface area (Å²) in [6.07, 6.45) is 0.560. The Labute approximate surface area is 199 Å². The van der Waals surface area contributed by atoms with Crippen LogP contribution in [0.5, 0.6) is 0 Å². The van der Waals surface area contributed by atoms with Gasteiger partial charge in [-0.2, -0.15) is 0 Å². The molecule has 0 atom stereocenters. The van der Waals surface area contributed by atoms with E-state index in [0.717, 1.165) is 40.3 Å². The monoisotopic (exact) mass is 468 g/mol. The summed E-state index contributed by atoms with van der Waals surface area (Å²) in [5, 5.41) is 1.55. The Kier molecular flexibility index (Phi) is 4.74. The first-order valence-electron chi connectivity index (χ1n) is 11.6. The first-order chi connectivity index (χ1) is 16.8. The molecule has 3 heterocycles. The van der Waals surface area contributed by atoms with E-state index in [0.29, 0.717) is 41.5 Å². The molecule has 0 saturated heterocycles. The molecule has 0 fully saturated rings. The molecule has 0 spiro atoms. The van der Waals surface area contributed by atoms with Gasteiger partial charge in [0.05, 0.1) is 16.6 Å². The van der Waals surface area contributed by atoms with Crippen molar-refractivity contribution in [2.75, 3.05) is 0 Å². The van der Waals surface area contributed by atoms with E-state index < -0.39 is 17.2 Å². The number of hydrogen-bond donors (Lipinski definition) is 0. The van der Waals surface area contributed by atoms with Crippen LogP contribution in [0, 0.1) is 25.5 Å². The van der Waals surface area contributed by atoms with Crippen LogP contribution in [0.3, 0.4) is 0 Å². The van der Waals surface area contributed by atoms with Crippen LogP contribution >= 0.6 is 0 Å². The number of aromatic nitrogens is 2. The summed E-state index contributed by atoms with van der Waals surface area (Å²) in [5.41, 5.74) is 4.65. The highest BCUT2D eigenvalue weighted by atomic mass is 19.1. The fourth-order valence-electron chi connectivity index (χ4n) is 5.17. The minimum absolute atomic E-state index is 0.0625. The van der Waals surface area contributed by atoms with E-state index in [1.54, 1.807) is 15.2 Å². The molecule has 5 aromatic rings. The Bertz CT molecular complexity index is 1820.